The molecule has 0 aliphatic carbocycles. The average Bonchev–Trinajstić information content (AvgIpc) is 2.79. The SMILES string of the molecule is CCc1nc(C)c(C(=O)NC2(C)CCS(=O)(=O)C2)s1. The van der Waals surface area contributed by atoms with E-state index < -0.39 is 15.4 Å². The van der Waals surface area contributed by atoms with Crippen LogP contribution in [0.25, 0.3) is 0 Å². The van der Waals surface area contributed by atoms with Gasteiger partial charge in [-0.25, -0.2) is 13.4 Å². The highest BCUT2D eigenvalue weighted by atomic mass is 32.2. The lowest BCUT2D eigenvalue weighted by Crippen LogP contribution is -2.46. The van der Waals surface area contributed by atoms with Crippen LogP contribution in [0.1, 0.15) is 40.6 Å². The third kappa shape index (κ3) is 3.14. The van der Waals surface area contributed by atoms with Crippen molar-refractivity contribution in [1.29, 1.82) is 0 Å². The molecule has 19 heavy (non-hydrogen) atoms. The summed E-state index contributed by atoms with van der Waals surface area (Å²) >= 11 is 1.38. The normalized spacial score (nSPS) is 25.4. The number of sulfone groups is 1. The first-order valence-electron chi connectivity index (χ1n) is 6.24. The van der Waals surface area contributed by atoms with Crippen molar-refractivity contribution in [2.75, 3.05) is 11.5 Å². The second-order valence-corrected chi connectivity index (χ2v) is 8.50. The lowest BCUT2D eigenvalue weighted by Gasteiger charge is -2.23. The Bertz CT molecular complexity index is 606. The molecule has 0 aromatic carbocycles. The van der Waals surface area contributed by atoms with Crippen LogP contribution in [0.3, 0.4) is 0 Å². The van der Waals surface area contributed by atoms with Gasteiger partial charge in [0.15, 0.2) is 9.84 Å². The zero-order valence-corrected chi connectivity index (χ0v) is 12.9. The average molecular weight is 302 g/mol. The summed E-state index contributed by atoms with van der Waals surface area (Å²) in [4.78, 5) is 17.1. The third-order valence-electron chi connectivity index (χ3n) is 3.27. The number of carbonyl (C=O) groups is 1. The highest BCUT2D eigenvalue weighted by Gasteiger charge is 2.40. The van der Waals surface area contributed by atoms with E-state index in [9.17, 15) is 13.2 Å². The first kappa shape index (κ1) is 14.5. The minimum absolute atomic E-state index is 0.0181. The molecule has 2 heterocycles. The summed E-state index contributed by atoms with van der Waals surface area (Å²) in [5.41, 5.74) is 0.0578. The van der Waals surface area contributed by atoms with Gasteiger partial charge in [-0.05, 0) is 26.7 Å². The predicted octanol–water partition coefficient (Wildman–Crippen LogP) is 1.32. The van der Waals surface area contributed by atoms with Crippen LogP contribution in [0.2, 0.25) is 0 Å². The zero-order valence-electron chi connectivity index (χ0n) is 11.3. The first-order chi connectivity index (χ1) is 8.75. The van der Waals surface area contributed by atoms with Crippen molar-refractivity contribution >= 4 is 27.1 Å². The number of nitrogens with zero attached hydrogens (tertiary/aromatic N) is 1. The van der Waals surface area contributed by atoms with Gasteiger partial charge in [0, 0.05) is 0 Å². The molecule has 1 amide bonds. The van der Waals surface area contributed by atoms with Crippen molar-refractivity contribution in [3.8, 4) is 0 Å². The van der Waals surface area contributed by atoms with Crippen molar-refractivity contribution in [3.05, 3.63) is 15.6 Å². The van der Waals surface area contributed by atoms with Gasteiger partial charge in [-0.15, -0.1) is 11.3 Å². The van der Waals surface area contributed by atoms with E-state index in [4.69, 9.17) is 0 Å². The van der Waals surface area contributed by atoms with E-state index in [-0.39, 0.29) is 17.4 Å². The molecule has 0 spiro atoms. The van der Waals surface area contributed by atoms with Crippen molar-refractivity contribution in [3.63, 3.8) is 0 Å². The topological polar surface area (TPSA) is 76.1 Å². The fourth-order valence-electron chi connectivity index (χ4n) is 2.25. The Kier molecular flexibility index (Phi) is 3.70. The van der Waals surface area contributed by atoms with Crippen LogP contribution in [-0.2, 0) is 16.3 Å². The number of hydrogen-bond donors (Lipinski definition) is 1. The lowest BCUT2D eigenvalue weighted by molar-refractivity contribution is 0.0919. The largest absolute Gasteiger partial charge is 0.345 e. The molecule has 0 radical (unpaired) electrons. The molecule has 7 heteroatoms. The molecule has 5 nitrogen and oxygen atoms in total. The molecule has 1 unspecified atom stereocenters. The first-order valence-corrected chi connectivity index (χ1v) is 8.88. The quantitative estimate of drug-likeness (QED) is 0.913. The molecule has 1 aromatic rings. The van der Waals surface area contributed by atoms with E-state index in [1.807, 2.05) is 6.92 Å². The van der Waals surface area contributed by atoms with Gasteiger partial charge in [0.1, 0.15) is 4.88 Å². The maximum atomic E-state index is 12.2. The van der Waals surface area contributed by atoms with Crippen molar-refractivity contribution < 1.29 is 13.2 Å². The van der Waals surface area contributed by atoms with Gasteiger partial charge >= 0.3 is 0 Å². The number of aromatic nitrogens is 1. The summed E-state index contributed by atoms with van der Waals surface area (Å²) in [6.45, 7) is 5.58. The van der Waals surface area contributed by atoms with Gasteiger partial charge in [-0.1, -0.05) is 6.92 Å². The lowest BCUT2D eigenvalue weighted by atomic mass is 10.0. The van der Waals surface area contributed by atoms with Gasteiger partial charge in [0.2, 0.25) is 0 Å². The van der Waals surface area contributed by atoms with Crippen molar-refractivity contribution in [2.24, 2.45) is 0 Å². The fourth-order valence-corrected chi connectivity index (χ4v) is 5.25. The zero-order chi connectivity index (χ0) is 14.3. The molecule has 1 saturated heterocycles. The second-order valence-electron chi connectivity index (χ2n) is 5.23. The molecule has 2 rings (SSSR count). The Morgan fingerprint density at radius 3 is 2.68 bits per heavy atom. The number of hydrogen-bond acceptors (Lipinski definition) is 5. The third-order valence-corrected chi connectivity index (χ3v) is 6.47. The molecule has 1 N–H and O–H groups in total. The molecular formula is C12H18N2O3S2. The summed E-state index contributed by atoms with van der Waals surface area (Å²) in [6.07, 6.45) is 1.27. The highest BCUT2D eigenvalue weighted by molar-refractivity contribution is 7.91. The van der Waals surface area contributed by atoms with Crippen LogP contribution in [-0.4, -0.2) is 36.4 Å². The molecule has 106 valence electrons. The van der Waals surface area contributed by atoms with Gasteiger partial charge in [0.25, 0.3) is 5.91 Å². The number of thiazole rings is 1. The molecule has 0 bridgehead atoms. The van der Waals surface area contributed by atoms with E-state index in [1.54, 1.807) is 13.8 Å². The fraction of sp³-hybridized carbons (Fsp3) is 0.667. The minimum atomic E-state index is -3.02. The van der Waals surface area contributed by atoms with E-state index in [0.29, 0.717) is 17.0 Å². The van der Waals surface area contributed by atoms with Gasteiger partial charge in [0.05, 0.1) is 27.7 Å². The van der Waals surface area contributed by atoms with Crippen LogP contribution in [0.4, 0.5) is 0 Å². The van der Waals surface area contributed by atoms with Gasteiger partial charge in [-0.2, -0.15) is 0 Å². The van der Waals surface area contributed by atoms with Crippen LogP contribution >= 0.6 is 11.3 Å². The standard InChI is InChI=1S/C12H18N2O3S2/c1-4-9-13-8(2)10(18-9)11(15)14-12(3)5-6-19(16,17)7-12/h4-7H2,1-3H3,(H,14,15). The Balaban J connectivity index is 2.15. The maximum Gasteiger partial charge on any atom is 0.263 e. The molecule has 1 fully saturated rings. The summed E-state index contributed by atoms with van der Waals surface area (Å²) in [5.74, 6) is -0.0510. The molecule has 0 saturated carbocycles. The monoisotopic (exact) mass is 302 g/mol. The molecule has 1 aliphatic rings. The van der Waals surface area contributed by atoms with Crippen LogP contribution in [0.15, 0.2) is 0 Å². The van der Waals surface area contributed by atoms with E-state index in [1.165, 1.54) is 11.3 Å². The summed E-state index contributed by atoms with van der Waals surface area (Å²) in [7, 11) is -3.02. The Morgan fingerprint density at radius 1 is 1.53 bits per heavy atom. The summed E-state index contributed by atoms with van der Waals surface area (Å²) in [5, 5.41) is 3.78. The number of rotatable bonds is 3. The van der Waals surface area contributed by atoms with Crippen LogP contribution < -0.4 is 5.32 Å². The summed E-state index contributed by atoms with van der Waals surface area (Å²) in [6, 6.07) is 0. The number of nitrogens with one attached hydrogen (secondary N) is 1. The van der Waals surface area contributed by atoms with Gasteiger partial charge < -0.3 is 5.32 Å². The maximum absolute atomic E-state index is 12.2. The number of amides is 1. The minimum Gasteiger partial charge on any atom is -0.345 e. The molecule has 1 atom stereocenters. The highest BCUT2D eigenvalue weighted by Crippen LogP contribution is 2.25. The van der Waals surface area contributed by atoms with Crippen LogP contribution in [0.5, 0.6) is 0 Å². The van der Waals surface area contributed by atoms with Crippen molar-refractivity contribution in [1.82, 2.24) is 10.3 Å². The summed E-state index contributed by atoms with van der Waals surface area (Å²) < 4.78 is 23.0. The van der Waals surface area contributed by atoms with Gasteiger partial charge in [-0.3, -0.25) is 4.79 Å². The van der Waals surface area contributed by atoms with E-state index in [2.05, 4.69) is 10.3 Å². The molecule has 1 aliphatic heterocycles. The van der Waals surface area contributed by atoms with E-state index >= 15 is 0 Å². The van der Waals surface area contributed by atoms with E-state index in [0.717, 1.165) is 11.4 Å². The second kappa shape index (κ2) is 4.86. The number of aryl methyl sites for hydroxylation is 2. The number of carbonyl (C=O) groups excluding carboxylic acids is 1. The molecular weight excluding hydrogens is 284 g/mol. The Morgan fingerprint density at radius 2 is 2.21 bits per heavy atom. The predicted molar refractivity (Wildman–Crippen MR) is 75.4 cm³/mol. The Labute approximate surface area is 117 Å². The van der Waals surface area contributed by atoms with Crippen LogP contribution in [0, 0.1) is 6.92 Å². The van der Waals surface area contributed by atoms with Crippen molar-refractivity contribution in [2.45, 2.75) is 39.2 Å². The smallest absolute Gasteiger partial charge is 0.263 e. The molecule has 1 aromatic heterocycles. The Hall–Kier alpha value is -0.950.